The van der Waals surface area contributed by atoms with Gasteiger partial charge in [-0.15, -0.1) is 0 Å². The van der Waals surface area contributed by atoms with Crippen LogP contribution in [0.15, 0.2) is 42.5 Å². The predicted molar refractivity (Wildman–Crippen MR) is 138 cm³/mol. The van der Waals surface area contributed by atoms with Gasteiger partial charge >= 0.3 is 0 Å². The Labute approximate surface area is 203 Å². The first-order valence-corrected chi connectivity index (χ1v) is 11.9. The highest BCUT2D eigenvalue weighted by atomic mass is 35.5. The lowest BCUT2D eigenvalue weighted by molar-refractivity contribution is -0.124. The molecule has 4 nitrogen and oxygen atoms in total. The van der Waals surface area contributed by atoms with Gasteiger partial charge in [0.05, 0.1) is 0 Å². The third-order valence-corrected chi connectivity index (χ3v) is 5.86. The minimum Gasteiger partial charge on any atom is -0.326 e. The van der Waals surface area contributed by atoms with Gasteiger partial charge in [0, 0.05) is 32.8 Å². The first kappa shape index (κ1) is 28.0. The van der Waals surface area contributed by atoms with Gasteiger partial charge in [0.15, 0.2) is 0 Å². The molecular formula is C26H36Cl2N2O2. The Morgan fingerprint density at radius 3 is 2.06 bits per heavy atom. The first-order valence-electron chi connectivity index (χ1n) is 11.1. The number of rotatable bonds is 8. The van der Waals surface area contributed by atoms with Crippen molar-refractivity contribution < 1.29 is 9.59 Å². The normalized spacial score (nSPS) is 11.8. The number of carbonyl (C=O) groups excluding carboxylic acids is 2. The zero-order chi connectivity index (χ0) is 24.3. The maximum Gasteiger partial charge on any atom is 0.230 e. The molecule has 0 aliphatic carbocycles. The van der Waals surface area contributed by atoms with Gasteiger partial charge in [-0.1, -0.05) is 76.7 Å². The molecule has 2 N–H and O–H groups in total. The summed E-state index contributed by atoms with van der Waals surface area (Å²) in [5.41, 5.74) is 2.25. The molecular weight excluding hydrogens is 443 g/mol. The molecule has 2 rings (SSSR count). The number of anilines is 2. The van der Waals surface area contributed by atoms with Crippen molar-refractivity contribution in [2.24, 2.45) is 11.3 Å². The lowest BCUT2D eigenvalue weighted by Crippen LogP contribution is -2.30. The Kier molecular flexibility index (Phi) is 11.8. The number of nitrogens with one attached hydrogen (secondary N) is 2. The highest BCUT2D eigenvalue weighted by molar-refractivity contribution is 6.31. The zero-order valence-corrected chi connectivity index (χ0v) is 21.5. The average Bonchev–Trinajstić information content (AvgIpc) is 2.73. The van der Waals surface area contributed by atoms with E-state index in [0.29, 0.717) is 10.0 Å². The molecule has 0 spiro atoms. The van der Waals surface area contributed by atoms with Crippen LogP contribution in [0, 0.1) is 18.3 Å². The minimum absolute atomic E-state index is 0.0464. The van der Waals surface area contributed by atoms with Crippen molar-refractivity contribution in [1.82, 2.24) is 0 Å². The standard InChI is InChI=1S/2C13H18ClNO/c1-4-9-13(2,3)12(16)15-11-7-5-10(14)6-8-11;1-4-5-10(3)13(16)15-11-7-6-9(2)12(14)8-11/h5-8H,4,9H2,1-3H3,(H,15,16);6-8,10H,4-5H2,1-3H3,(H,15,16). The molecule has 2 aromatic carbocycles. The fraction of sp³-hybridized carbons (Fsp3) is 0.462. The van der Waals surface area contributed by atoms with Crippen LogP contribution in [-0.4, -0.2) is 11.8 Å². The maximum absolute atomic E-state index is 12.0. The average molecular weight is 479 g/mol. The third-order valence-electron chi connectivity index (χ3n) is 5.20. The van der Waals surface area contributed by atoms with Crippen LogP contribution in [0.4, 0.5) is 11.4 Å². The lowest BCUT2D eigenvalue weighted by atomic mass is 9.87. The van der Waals surface area contributed by atoms with Crippen molar-refractivity contribution in [3.05, 3.63) is 58.1 Å². The molecule has 176 valence electrons. The number of carbonyl (C=O) groups is 2. The first-order chi connectivity index (χ1) is 15.0. The van der Waals surface area contributed by atoms with Gasteiger partial charge in [-0.05, 0) is 61.7 Å². The minimum atomic E-state index is -0.325. The van der Waals surface area contributed by atoms with Gasteiger partial charge in [0.1, 0.15) is 0 Å². The summed E-state index contributed by atoms with van der Waals surface area (Å²) in [6.07, 6.45) is 3.81. The zero-order valence-electron chi connectivity index (χ0n) is 20.0. The predicted octanol–water partition coefficient (Wildman–Crippen LogP) is 8.13. The number of hydrogen-bond donors (Lipinski definition) is 2. The summed E-state index contributed by atoms with van der Waals surface area (Å²) < 4.78 is 0. The SMILES string of the molecule is CCCC(C)(C)C(=O)Nc1ccc(Cl)cc1.CCCC(C)C(=O)Nc1ccc(C)c(Cl)c1. The Balaban J connectivity index is 0.000000320. The fourth-order valence-electron chi connectivity index (χ4n) is 3.07. The third kappa shape index (κ3) is 9.62. The molecule has 2 aromatic rings. The smallest absolute Gasteiger partial charge is 0.230 e. The molecule has 0 aliphatic rings. The van der Waals surface area contributed by atoms with E-state index in [0.717, 1.165) is 42.6 Å². The van der Waals surface area contributed by atoms with Crippen LogP contribution in [0.3, 0.4) is 0 Å². The second kappa shape index (κ2) is 13.5. The molecule has 6 heteroatoms. The topological polar surface area (TPSA) is 58.2 Å². The van der Waals surface area contributed by atoms with Crippen molar-refractivity contribution in [2.75, 3.05) is 10.6 Å². The molecule has 0 bridgehead atoms. The number of benzene rings is 2. The van der Waals surface area contributed by atoms with E-state index in [2.05, 4.69) is 24.5 Å². The van der Waals surface area contributed by atoms with Gasteiger partial charge in [0.2, 0.25) is 11.8 Å². The van der Waals surface area contributed by atoms with Crippen molar-refractivity contribution in [2.45, 2.75) is 67.2 Å². The van der Waals surface area contributed by atoms with Crippen molar-refractivity contribution in [1.29, 1.82) is 0 Å². The maximum atomic E-state index is 12.0. The molecule has 0 fully saturated rings. The fourth-order valence-corrected chi connectivity index (χ4v) is 3.38. The van der Waals surface area contributed by atoms with Gasteiger partial charge < -0.3 is 10.6 Å². The van der Waals surface area contributed by atoms with Crippen LogP contribution >= 0.6 is 23.2 Å². The summed E-state index contributed by atoms with van der Waals surface area (Å²) >= 11 is 11.8. The van der Waals surface area contributed by atoms with Crippen LogP contribution in [0.2, 0.25) is 10.0 Å². The second-order valence-electron chi connectivity index (χ2n) is 8.74. The molecule has 0 radical (unpaired) electrons. The Bertz CT molecular complexity index is 880. The van der Waals surface area contributed by atoms with Crippen LogP contribution in [0.5, 0.6) is 0 Å². The van der Waals surface area contributed by atoms with E-state index >= 15 is 0 Å². The van der Waals surface area contributed by atoms with Crippen LogP contribution < -0.4 is 10.6 Å². The van der Waals surface area contributed by atoms with E-state index in [1.165, 1.54) is 0 Å². The summed E-state index contributed by atoms with van der Waals surface area (Å²) in [4.78, 5) is 23.7. The molecule has 2 amide bonds. The van der Waals surface area contributed by atoms with E-state index < -0.39 is 0 Å². The van der Waals surface area contributed by atoms with Crippen molar-refractivity contribution in [3.63, 3.8) is 0 Å². The summed E-state index contributed by atoms with van der Waals surface area (Å²) in [5, 5.41) is 7.12. The van der Waals surface area contributed by atoms with Gasteiger partial charge in [-0.2, -0.15) is 0 Å². The quantitative estimate of drug-likeness (QED) is 0.402. The van der Waals surface area contributed by atoms with Crippen LogP contribution in [0.25, 0.3) is 0 Å². The molecule has 1 atom stereocenters. The number of aryl methyl sites for hydroxylation is 1. The molecule has 0 aromatic heterocycles. The highest BCUT2D eigenvalue weighted by Crippen LogP contribution is 2.25. The molecule has 0 saturated heterocycles. The van der Waals surface area contributed by atoms with Gasteiger partial charge in [-0.25, -0.2) is 0 Å². The van der Waals surface area contributed by atoms with E-state index in [4.69, 9.17) is 23.2 Å². The van der Waals surface area contributed by atoms with Crippen LogP contribution in [0.1, 0.15) is 65.9 Å². The summed E-state index contributed by atoms with van der Waals surface area (Å²) in [7, 11) is 0. The number of halogens is 2. The lowest BCUT2D eigenvalue weighted by Gasteiger charge is -2.22. The summed E-state index contributed by atoms with van der Waals surface area (Å²) in [6.45, 7) is 12.0. The Hall–Kier alpha value is -2.04. The molecule has 0 heterocycles. The number of amides is 2. The molecule has 32 heavy (non-hydrogen) atoms. The van der Waals surface area contributed by atoms with E-state index in [9.17, 15) is 9.59 Å². The Morgan fingerprint density at radius 1 is 0.938 bits per heavy atom. The van der Waals surface area contributed by atoms with Crippen molar-refractivity contribution in [3.8, 4) is 0 Å². The van der Waals surface area contributed by atoms with Crippen LogP contribution in [-0.2, 0) is 9.59 Å². The van der Waals surface area contributed by atoms with Crippen molar-refractivity contribution >= 4 is 46.4 Å². The van der Waals surface area contributed by atoms with E-state index in [1.807, 2.05) is 52.0 Å². The largest absolute Gasteiger partial charge is 0.326 e. The van der Waals surface area contributed by atoms with E-state index in [1.54, 1.807) is 18.2 Å². The van der Waals surface area contributed by atoms with E-state index in [-0.39, 0.29) is 23.1 Å². The van der Waals surface area contributed by atoms with Gasteiger partial charge in [0.25, 0.3) is 0 Å². The molecule has 0 saturated carbocycles. The second-order valence-corrected chi connectivity index (χ2v) is 9.58. The highest BCUT2D eigenvalue weighted by Gasteiger charge is 2.26. The van der Waals surface area contributed by atoms with Gasteiger partial charge in [-0.3, -0.25) is 9.59 Å². The summed E-state index contributed by atoms with van der Waals surface area (Å²) in [5.74, 6) is 0.156. The molecule has 0 aliphatic heterocycles. The summed E-state index contributed by atoms with van der Waals surface area (Å²) in [6, 6.07) is 12.7. The molecule has 1 unspecified atom stereocenters. The Morgan fingerprint density at radius 2 is 1.53 bits per heavy atom. The monoisotopic (exact) mass is 478 g/mol. The number of hydrogen-bond acceptors (Lipinski definition) is 2.